The predicted octanol–water partition coefficient (Wildman–Crippen LogP) is 2.84. The van der Waals surface area contributed by atoms with Crippen LogP contribution in [0.5, 0.6) is 0 Å². The lowest BCUT2D eigenvalue weighted by atomic mass is 9.90. The molecule has 106 valence electrons. The van der Waals surface area contributed by atoms with Gasteiger partial charge in [0.15, 0.2) is 0 Å². The van der Waals surface area contributed by atoms with Gasteiger partial charge in [0, 0.05) is 39.0 Å². The van der Waals surface area contributed by atoms with Gasteiger partial charge in [0.05, 0.1) is 0 Å². The first-order chi connectivity index (χ1) is 9.83. The van der Waals surface area contributed by atoms with E-state index in [9.17, 15) is 0 Å². The van der Waals surface area contributed by atoms with Crippen molar-refractivity contribution in [1.29, 1.82) is 0 Å². The number of benzene rings is 1. The van der Waals surface area contributed by atoms with Gasteiger partial charge < -0.3 is 9.47 Å². The molecule has 0 aliphatic carbocycles. The van der Waals surface area contributed by atoms with Gasteiger partial charge in [0.2, 0.25) is 0 Å². The third-order valence-corrected chi connectivity index (χ3v) is 4.35. The molecule has 1 aromatic carbocycles. The van der Waals surface area contributed by atoms with Crippen molar-refractivity contribution in [3.8, 4) is 0 Å². The minimum absolute atomic E-state index is 0.700. The van der Waals surface area contributed by atoms with E-state index in [1.807, 2.05) is 12.4 Å². The van der Waals surface area contributed by atoms with Crippen LogP contribution in [0.15, 0.2) is 42.7 Å². The lowest BCUT2D eigenvalue weighted by Gasteiger charge is -2.32. The second-order valence-electron chi connectivity index (χ2n) is 5.75. The molecule has 3 nitrogen and oxygen atoms in total. The Labute approximate surface area is 121 Å². The molecular formula is C17H23N3. The molecule has 1 aliphatic rings. The van der Waals surface area contributed by atoms with E-state index in [-0.39, 0.29) is 0 Å². The molecule has 3 heteroatoms. The first kappa shape index (κ1) is 13.4. The van der Waals surface area contributed by atoms with Gasteiger partial charge in [0.1, 0.15) is 5.82 Å². The van der Waals surface area contributed by atoms with E-state index in [4.69, 9.17) is 0 Å². The van der Waals surface area contributed by atoms with Crippen molar-refractivity contribution >= 4 is 0 Å². The second kappa shape index (κ2) is 6.23. The smallest absolute Gasteiger partial charge is 0.109 e. The van der Waals surface area contributed by atoms with E-state index < -0.39 is 0 Å². The van der Waals surface area contributed by atoms with E-state index in [1.165, 1.54) is 37.3 Å². The number of rotatable bonds is 4. The highest BCUT2D eigenvalue weighted by Crippen LogP contribution is 2.26. The van der Waals surface area contributed by atoms with Crippen LogP contribution in [0.1, 0.15) is 30.1 Å². The van der Waals surface area contributed by atoms with E-state index in [0.29, 0.717) is 5.92 Å². The van der Waals surface area contributed by atoms with Crippen molar-refractivity contribution in [3.63, 3.8) is 0 Å². The average Bonchev–Trinajstić information content (AvgIpc) is 2.92. The summed E-state index contributed by atoms with van der Waals surface area (Å²) in [7, 11) is 2.07. The Morgan fingerprint density at radius 1 is 1.25 bits per heavy atom. The summed E-state index contributed by atoms with van der Waals surface area (Å²) < 4.78 is 2.12. The molecule has 0 amide bonds. The molecule has 0 unspecified atom stereocenters. The van der Waals surface area contributed by atoms with Crippen LogP contribution in [0.25, 0.3) is 0 Å². The van der Waals surface area contributed by atoms with Crippen LogP contribution in [0.2, 0.25) is 0 Å². The summed E-state index contributed by atoms with van der Waals surface area (Å²) in [5.41, 5.74) is 1.49. The maximum atomic E-state index is 4.41. The molecule has 0 radical (unpaired) electrons. The van der Waals surface area contributed by atoms with Gasteiger partial charge >= 0.3 is 0 Å². The summed E-state index contributed by atoms with van der Waals surface area (Å²) in [6.07, 6.45) is 7.59. The van der Waals surface area contributed by atoms with Crippen LogP contribution in [-0.4, -0.2) is 34.1 Å². The quantitative estimate of drug-likeness (QED) is 0.851. The van der Waals surface area contributed by atoms with Crippen molar-refractivity contribution in [2.45, 2.75) is 25.2 Å². The van der Waals surface area contributed by atoms with Crippen LogP contribution in [0.4, 0.5) is 0 Å². The molecule has 2 aromatic rings. The summed E-state index contributed by atoms with van der Waals surface area (Å²) in [4.78, 5) is 7.01. The fourth-order valence-electron chi connectivity index (χ4n) is 3.15. The number of imidazole rings is 1. The maximum Gasteiger partial charge on any atom is 0.109 e. The van der Waals surface area contributed by atoms with Gasteiger partial charge in [-0.2, -0.15) is 0 Å². The highest BCUT2D eigenvalue weighted by Gasteiger charge is 2.21. The summed E-state index contributed by atoms with van der Waals surface area (Å²) in [5.74, 6) is 1.89. The van der Waals surface area contributed by atoms with Gasteiger partial charge in [-0.3, -0.25) is 0 Å². The maximum absolute atomic E-state index is 4.41. The predicted molar refractivity (Wildman–Crippen MR) is 81.8 cm³/mol. The number of hydrogen-bond donors (Lipinski definition) is 0. The summed E-state index contributed by atoms with van der Waals surface area (Å²) in [6.45, 7) is 3.54. The second-order valence-corrected chi connectivity index (χ2v) is 5.75. The zero-order valence-corrected chi connectivity index (χ0v) is 12.2. The number of likely N-dealkylation sites (tertiary alicyclic amines) is 1. The molecule has 1 aromatic heterocycles. The third kappa shape index (κ3) is 3.10. The number of piperidine rings is 1. The van der Waals surface area contributed by atoms with Crippen molar-refractivity contribution in [2.75, 3.05) is 19.6 Å². The molecule has 20 heavy (non-hydrogen) atoms. The number of aryl methyl sites for hydroxylation is 1. The van der Waals surface area contributed by atoms with Crippen LogP contribution in [0, 0.1) is 0 Å². The van der Waals surface area contributed by atoms with Crippen molar-refractivity contribution in [1.82, 2.24) is 14.5 Å². The fourth-order valence-corrected chi connectivity index (χ4v) is 3.15. The fraction of sp³-hybridized carbons (Fsp3) is 0.471. The Balaban J connectivity index is 1.57. The third-order valence-electron chi connectivity index (χ3n) is 4.35. The number of nitrogens with zero attached hydrogens (tertiary/aromatic N) is 3. The minimum atomic E-state index is 0.700. The Kier molecular flexibility index (Phi) is 4.16. The lowest BCUT2D eigenvalue weighted by Crippen LogP contribution is -2.36. The monoisotopic (exact) mass is 269 g/mol. The summed E-state index contributed by atoms with van der Waals surface area (Å²) in [6, 6.07) is 11.0. The van der Waals surface area contributed by atoms with Gasteiger partial charge in [0.25, 0.3) is 0 Å². The Hall–Kier alpha value is -1.61. The van der Waals surface area contributed by atoms with E-state index in [1.54, 1.807) is 0 Å². The van der Waals surface area contributed by atoms with Crippen LogP contribution in [0.3, 0.4) is 0 Å². The van der Waals surface area contributed by atoms with Gasteiger partial charge in [-0.25, -0.2) is 4.98 Å². The zero-order chi connectivity index (χ0) is 13.8. The SMILES string of the molecule is Cn1ccnc1CCN1CCC[C@H](c2ccccc2)C1. The molecule has 1 saturated heterocycles. The summed E-state index contributed by atoms with van der Waals surface area (Å²) in [5, 5.41) is 0. The topological polar surface area (TPSA) is 21.1 Å². The highest BCUT2D eigenvalue weighted by molar-refractivity contribution is 5.20. The first-order valence-corrected chi connectivity index (χ1v) is 7.56. The molecule has 3 rings (SSSR count). The normalized spacial score (nSPS) is 20.1. The number of aromatic nitrogens is 2. The van der Waals surface area contributed by atoms with E-state index in [0.717, 1.165) is 13.0 Å². The standard InChI is InChI=1S/C17H23N3/c1-19-13-10-18-17(19)9-12-20-11-5-8-16(14-20)15-6-3-2-4-7-15/h2-4,6-7,10,13,16H,5,8-9,11-12,14H2,1H3/t16-/m0/s1. The molecule has 0 saturated carbocycles. The van der Waals surface area contributed by atoms with Gasteiger partial charge in [-0.1, -0.05) is 30.3 Å². The molecule has 2 heterocycles. The molecule has 0 bridgehead atoms. The van der Waals surface area contributed by atoms with Crippen LogP contribution < -0.4 is 0 Å². The molecule has 1 atom stereocenters. The molecule has 0 spiro atoms. The zero-order valence-electron chi connectivity index (χ0n) is 12.2. The molecule has 1 fully saturated rings. The van der Waals surface area contributed by atoms with Gasteiger partial charge in [-0.05, 0) is 30.9 Å². The first-order valence-electron chi connectivity index (χ1n) is 7.56. The summed E-state index contributed by atoms with van der Waals surface area (Å²) >= 11 is 0. The van der Waals surface area contributed by atoms with Crippen molar-refractivity contribution in [2.24, 2.45) is 7.05 Å². The highest BCUT2D eigenvalue weighted by atomic mass is 15.1. The van der Waals surface area contributed by atoms with E-state index in [2.05, 4.69) is 51.8 Å². The molecular weight excluding hydrogens is 246 g/mol. The van der Waals surface area contributed by atoms with Crippen molar-refractivity contribution < 1.29 is 0 Å². The lowest BCUT2D eigenvalue weighted by molar-refractivity contribution is 0.208. The molecule has 1 aliphatic heterocycles. The van der Waals surface area contributed by atoms with Crippen LogP contribution >= 0.6 is 0 Å². The molecule has 0 N–H and O–H groups in total. The number of hydrogen-bond acceptors (Lipinski definition) is 2. The Bertz CT molecular complexity index is 532. The van der Waals surface area contributed by atoms with Gasteiger partial charge in [-0.15, -0.1) is 0 Å². The largest absolute Gasteiger partial charge is 0.338 e. The Morgan fingerprint density at radius 2 is 2.10 bits per heavy atom. The Morgan fingerprint density at radius 3 is 2.85 bits per heavy atom. The van der Waals surface area contributed by atoms with Crippen molar-refractivity contribution in [3.05, 3.63) is 54.1 Å². The average molecular weight is 269 g/mol. The van der Waals surface area contributed by atoms with E-state index >= 15 is 0 Å². The minimum Gasteiger partial charge on any atom is -0.338 e. The van der Waals surface area contributed by atoms with Crippen LogP contribution in [-0.2, 0) is 13.5 Å².